The van der Waals surface area contributed by atoms with Crippen molar-refractivity contribution < 1.29 is 0 Å². The van der Waals surface area contributed by atoms with E-state index < -0.39 is 0 Å². The van der Waals surface area contributed by atoms with Gasteiger partial charge in [0.15, 0.2) is 11.8 Å². The van der Waals surface area contributed by atoms with E-state index in [0.29, 0.717) is 18.3 Å². The molecule has 0 saturated heterocycles. The Bertz CT molecular complexity index is 838. The first-order valence-corrected chi connectivity index (χ1v) is 8.27. The number of hydrogen-bond acceptors (Lipinski definition) is 3. The molecule has 0 amide bonds. The average molecular weight is 334 g/mol. The van der Waals surface area contributed by atoms with E-state index in [9.17, 15) is 0 Å². The predicted molar refractivity (Wildman–Crippen MR) is 100 cm³/mol. The zero-order valence-electron chi connectivity index (χ0n) is 14.2. The van der Waals surface area contributed by atoms with Crippen LogP contribution in [0.15, 0.2) is 59.6 Å². The van der Waals surface area contributed by atoms with Crippen molar-refractivity contribution in [2.24, 2.45) is 10.7 Å². The number of nitrogens with one attached hydrogen (secondary N) is 2. The molecule has 1 heterocycles. The van der Waals surface area contributed by atoms with Crippen molar-refractivity contribution in [3.05, 3.63) is 71.5 Å². The number of rotatable bonds is 6. The van der Waals surface area contributed by atoms with Gasteiger partial charge in [-0.25, -0.2) is 9.98 Å². The molecule has 0 unspecified atom stereocenters. The summed E-state index contributed by atoms with van der Waals surface area (Å²) in [6, 6.07) is 18.3. The first kappa shape index (κ1) is 16.7. The van der Waals surface area contributed by atoms with E-state index in [1.165, 1.54) is 5.56 Å². The molecule has 0 aliphatic heterocycles. The van der Waals surface area contributed by atoms with Gasteiger partial charge < -0.3 is 11.1 Å². The number of aryl methyl sites for hydroxylation is 1. The maximum Gasteiger partial charge on any atom is 0.188 e. The minimum Gasteiger partial charge on any atom is -0.370 e. The molecule has 128 valence electrons. The fraction of sp³-hybridized carbons (Fsp3) is 0.211. The second-order valence-corrected chi connectivity index (χ2v) is 5.81. The summed E-state index contributed by atoms with van der Waals surface area (Å²) >= 11 is 0. The maximum atomic E-state index is 5.95. The van der Waals surface area contributed by atoms with Gasteiger partial charge in [-0.2, -0.15) is 5.10 Å². The molecule has 1 aromatic heterocycles. The summed E-state index contributed by atoms with van der Waals surface area (Å²) in [4.78, 5) is 8.75. The highest BCUT2D eigenvalue weighted by Crippen LogP contribution is 2.16. The van der Waals surface area contributed by atoms with Gasteiger partial charge in [0.1, 0.15) is 5.82 Å². The van der Waals surface area contributed by atoms with E-state index >= 15 is 0 Å². The summed E-state index contributed by atoms with van der Waals surface area (Å²) in [7, 11) is 0. The van der Waals surface area contributed by atoms with Crippen LogP contribution in [-0.4, -0.2) is 27.7 Å². The summed E-state index contributed by atoms with van der Waals surface area (Å²) in [5, 5.41) is 10.2. The van der Waals surface area contributed by atoms with Crippen molar-refractivity contribution in [3.63, 3.8) is 0 Å². The molecule has 6 nitrogen and oxygen atoms in total. The van der Waals surface area contributed by atoms with Crippen molar-refractivity contribution in [2.45, 2.75) is 19.9 Å². The molecule has 2 aromatic carbocycles. The smallest absolute Gasteiger partial charge is 0.188 e. The van der Waals surface area contributed by atoms with E-state index in [4.69, 9.17) is 5.73 Å². The zero-order valence-corrected chi connectivity index (χ0v) is 14.2. The number of aromatic nitrogens is 3. The van der Waals surface area contributed by atoms with Crippen molar-refractivity contribution in [1.82, 2.24) is 20.5 Å². The topological polar surface area (TPSA) is 92.0 Å². The molecule has 0 radical (unpaired) electrons. The Labute approximate surface area is 147 Å². The van der Waals surface area contributed by atoms with Gasteiger partial charge in [0, 0.05) is 12.1 Å². The van der Waals surface area contributed by atoms with E-state index in [0.717, 1.165) is 29.9 Å². The van der Waals surface area contributed by atoms with Crippen LogP contribution < -0.4 is 11.1 Å². The lowest BCUT2D eigenvalue weighted by molar-refractivity contribution is 0.848. The Hall–Kier alpha value is -3.15. The molecule has 3 aromatic rings. The van der Waals surface area contributed by atoms with E-state index in [-0.39, 0.29) is 0 Å². The van der Waals surface area contributed by atoms with E-state index in [1.54, 1.807) is 0 Å². The van der Waals surface area contributed by atoms with Crippen molar-refractivity contribution in [2.75, 3.05) is 6.54 Å². The minimum absolute atomic E-state index is 0.454. The highest BCUT2D eigenvalue weighted by molar-refractivity contribution is 5.77. The van der Waals surface area contributed by atoms with Gasteiger partial charge in [0.25, 0.3) is 0 Å². The first-order chi connectivity index (χ1) is 12.2. The standard InChI is InChI=1S/C19H22N6/c1-14-23-18(25-24-14)17-9-5-8-16(12-17)13-22-19(20)21-11-10-15-6-3-2-4-7-15/h2-9,12H,10-11,13H2,1H3,(H3,20,21,22)(H,23,24,25). The van der Waals surface area contributed by atoms with Crippen LogP contribution in [-0.2, 0) is 13.0 Å². The minimum atomic E-state index is 0.454. The van der Waals surface area contributed by atoms with E-state index in [1.807, 2.05) is 49.4 Å². The summed E-state index contributed by atoms with van der Waals surface area (Å²) < 4.78 is 0. The summed E-state index contributed by atoms with van der Waals surface area (Å²) in [6.45, 7) is 3.16. The Morgan fingerprint density at radius 1 is 1.12 bits per heavy atom. The second-order valence-electron chi connectivity index (χ2n) is 5.81. The lowest BCUT2D eigenvalue weighted by Crippen LogP contribution is -2.33. The largest absolute Gasteiger partial charge is 0.370 e. The van der Waals surface area contributed by atoms with Gasteiger partial charge in [0.2, 0.25) is 0 Å². The van der Waals surface area contributed by atoms with Crippen molar-refractivity contribution >= 4 is 5.96 Å². The van der Waals surface area contributed by atoms with Crippen LogP contribution in [0.2, 0.25) is 0 Å². The van der Waals surface area contributed by atoms with Gasteiger partial charge in [0.05, 0.1) is 6.54 Å². The van der Waals surface area contributed by atoms with Crippen molar-refractivity contribution in [3.8, 4) is 11.4 Å². The highest BCUT2D eigenvalue weighted by atomic mass is 15.2. The fourth-order valence-corrected chi connectivity index (χ4v) is 2.49. The number of H-pyrrole nitrogens is 1. The Morgan fingerprint density at radius 2 is 1.92 bits per heavy atom. The van der Waals surface area contributed by atoms with Crippen LogP contribution >= 0.6 is 0 Å². The number of hydrogen-bond donors (Lipinski definition) is 3. The highest BCUT2D eigenvalue weighted by Gasteiger charge is 2.04. The Morgan fingerprint density at radius 3 is 2.68 bits per heavy atom. The molecule has 25 heavy (non-hydrogen) atoms. The zero-order chi connectivity index (χ0) is 17.5. The third kappa shape index (κ3) is 4.91. The second kappa shape index (κ2) is 8.10. The lowest BCUT2D eigenvalue weighted by atomic mass is 10.1. The number of benzene rings is 2. The molecule has 0 fully saturated rings. The number of aliphatic imine (C=N–C) groups is 1. The molecule has 0 atom stereocenters. The predicted octanol–water partition coefficient (Wildman–Crippen LogP) is 2.43. The first-order valence-electron chi connectivity index (χ1n) is 8.27. The van der Waals surface area contributed by atoms with Gasteiger partial charge in [-0.05, 0) is 30.5 Å². The number of guanidine groups is 1. The monoisotopic (exact) mass is 334 g/mol. The van der Waals surface area contributed by atoms with Gasteiger partial charge in [-0.15, -0.1) is 0 Å². The quantitative estimate of drug-likeness (QED) is 0.477. The molecule has 3 rings (SSSR count). The average Bonchev–Trinajstić information content (AvgIpc) is 3.08. The van der Waals surface area contributed by atoms with Crippen LogP contribution in [0.5, 0.6) is 0 Å². The molecular formula is C19H22N6. The molecular weight excluding hydrogens is 312 g/mol. The third-order valence-corrected chi connectivity index (χ3v) is 3.78. The van der Waals surface area contributed by atoms with Crippen LogP contribution in [0, 0.1) is 6.92 Å². The number of nitrogens with zero attached hydrogens (tertiary/aromatic N) is 3. The Kier molecular flexibility index (Phi) is 5.41. The summed E-state index contributed by atoms with van der Waals surface area (Å²) in [6.07, 6.45) is 0.913. The molecule has 0 saturated carbocycles. The molecule has 0 aliphatic carbocycles. The van der Waals surface area contributed by atoms with Crippen LogP contribution in [0.25, 0.3) is 11.4 Å². The lowest BCUT2D eigenvalue weighted by Gasteiger charge is -2.06. The molecule has 0 spiro atoms. The molecule has 0 aliphatic rings. The number of nitrogens with two attached hydrogens (primary N) is 1. The van der Waals surface area contributed by atoms with Crippen LogP contribution in [0.1, 0.15) is 17.0 Å². The van der Waals surface area contributed by atoms with Crippen molar-refractivity contribution in [1.29, 1.82) is 0 Å². The van der Waals surface area contributed by atoms with Gasteiger partial charge in [-0.1, -0.05) is 48.5 Å². The molecule has 0 bridgehead atoms. The fourth-order valence-electron chi connectivity index (χ4n) is 2.49. The molecule has 6 heteroatoms. The van der Waals surface area contributed by atoms with Crippen LogP contribution in [0.3, 0.4) is 0 Å². The van der Waals surface area contributed by atoms with Gasteiger partial charge in [-0.3, -0.25) is 5.10 Å². The Balaban J connectivity index is 1.54. The van der Waals surface area contributed by atoms with Gasteiger partial charge >= 0.3 is 0 Å². The number of aromatic amines is 1. The normalized spacial score (nSPS) is 11.5. The third-order valence-electron chi connectivity index (χ3n) is 3.78. The molecule has 4 N–H and O–H groups in total. The summed E-state index contributed by atoms with van der Waals surface area (Å²) in [5.74, 6) is 1.94. The van der Waals surface area contributed by atoms with Crippen LogP contribution in [0.4, 0.5) is 0 Å². The maximum absolute atomic E-state index is 5.95. The summed E-state index contributed by atoms with van der Waals surface area (Å²) in [5.41, 5.74) is 9.25. The van der Waals surface area contributed by atoms with E-state index in [2.05, 4.69) is 37.6 Å². The SMILES string of the molecule is Cc1nc(-c2cccc(CN=C(N)NCCc3ccccc3)c2)n[nH]1.